The molecule has 1 saturated carbocycles. The molecule has 0 heterocycles. The second kappa shape index (κ2) is 13.8. The fraction of sp³-hybridized carbons (Fsp3) is 0.545. The summed E-state index contributed by atoms with van der Waals surface area (Å²) in [6.07, 6.45) is 10.9. The van der Waals surface area contributed by atoms with Gasteiger partial charge in [0.15, 0.2) is 0 Å². The lowest BCUT2D eigenvalue weighted by molar-refractivity contribution is 0.0513. The molecule has 0 radical (unpaired) electrons. The van der Waals surface area contributed by atoms with Crippen molar-refractivity contribution in [2.45, 2.75) is 91.1 Å². The Hall–Kier alpha value is -2.19. The van der Waals surface area contributed by atoms with Gasteiger partial charge in [0.2, 0.25) is 0 Å². The summed E-state index contributed by atoms with van der Waals surface area (Å²) in [6, 6.07) is 19.4. The molecule has 35 heavy (non-hydrogen) atoms. The first-order valence-electron chi connectivity index (χ1n) is 14.0. The summed E-state index contributed by atoms with van der Waals surface area (Å²) in [7, 11) is 0. The molecule has 1 aliphatic carbocycles. The summed E-state index contributed by atoms with van der Waals surface area (Å²) in [4.78, 5) is 0. The van der Waals surface area contributed by atoms with Crippen molar-refractivity contribution < 1.29 is 5.11 Å². The van der Waals surface area contributed by atoms with E-state index in [1.54, 1.807) is 0 Å². The third kappa shape index (κ3) is 8.17. The van der Waals surface area contributed by atoms with E-state index in [1.807, 2.05) is 25.1 Å². The zero-order chi connectivity index (χ0) is 25.2. The first-order chi connectivity index (χ1) is 16.9. The Balaban J connectivity index is 1.47. The highest BCUT2D eigenvalue weighted by Gasteiger charge is 2.30. The van der Waals surface area contributed by atoms with Gasteiger partial charge in [-0.05, 0) is 90.9 Å². The molecular weight excluding hydrogens is 426 g/mol. The van der Waals surface area contributed by atoms with Crippen molar-refractivity contribution in [1.82, 2.24) is 0 Å². The third-order valence-corrected chi connectivity index (χ3v) is 8.54. The lowest BCUT2D eigenvalue weighted by atomic mass is 9.72. The van der Waals surface area contributed by atoms with E-state index in [0.29, 0.717) is 17.5 Å². The zero-order valence-electron chi connectivity index (χ0n) is 22.3. The predicted octanol–water partition coefficient (Wildman–Crippen LogP) is 8.74. The standard InChI is InChI=1S/C33H47NO/c1-5-24(3)31(33(35)30-10-8-7-9-11-30)23-29-20-18-28(19-21-29)22-27-16-14-26(15-17-27)13-12-25(4)32(34)6-2/h7-11,14-17,24,28-29,31,33-35H,4-6,12-13,18-23H2,1-3H3. The van der Waals surface area contributed by atoms with Gasteiger partial charge in [-0.15, -0.1) is 0 Å². The van der Waals surface area contributed by atoms with E-state index in [2.05, 4.69) is 56.8 Å². The highest BCUT2D eigenvalue weighted by molar-refractivity contribution is 5.96. The summed E-state index contributed by atoms with van der Waals surface area (Å²) >= 11 is 0. The van der Waals surface area contributed by atoms with E-state index in [9.17, 15) is 5.11 Å². The van der Waals surface area contributed by atoms with E-state index in [4.69, 9.17) is 5.41 Å². The Labute approximate surface area is 214 Å². The number of aliphatic hydroxyl groups is 1. The van der Waals surface area contributed by atoms with Gasteiger partial charge >= 0.3 is 0 Å². The first-order valence-corrected chi connectivity index (χ1v) is 14.0. The molecule has 3 rings (SSSR count). The number of nitrogens with one attached hydrogen (secondary N) is 1. The van der Waals surface area contributed by atoms with Gasteiger partial charge in [-0.2, -0.15) is 0 Å². The van der Waals surface area contributed by atoms with Gasteiger partial charge in [-0.25, -0.2) is 0 Å². The Bertz CT molecular complexity index is 908. The lowest BCUT2D eigenvalue weighted by Crippen LogP contribution is -2.25. The van der Waals surface area contributed by atoms with E-state index in [1.165, 1.54) is 43.2 Å². The second-order valence-electron chi connectivity index (χ2n) is 11.0. The molecule has 190 valence electrons. The fourth-order valence-corrected chi connectivity index (χ4v) is 5.80. The molecule has 3 atom stereocenters. The average Bonchev–Trinajstić information content (AvgIpc) is 2.91. The number of aryl methyl sites for hydroxylation is 1. The minimum absolute atomic E-state index is 0.341. The second-order valence-corrected chi connectivity index (χ2v) is 11.0. The number of hydrogen-bond acceptors (Lipinski definition) is 2. The number of benzene rings is 2. The zero-order valence-corrected chi connectivity index (χ0v) is 22.3. The van der Waals surface area contributed by atoms with Gasteiger partial charge in [-0.3, -0.25) is 0 Å². The fourth-order valence-electron chi connectivity index (χ4n) is 5.80. The Morgan fingerprint density at radius 2 is 1.54 bits per heavy atom. The Kier molecular flexibility index (Phi) is 10.8. The van der Waals surface area contributed by atoms with Crippen LogP contribution in [0.15, 0.2) is 66.7 Å². The number of hydrogen-bond donors (Lipinski definition) is 2. The summed E-state index contributed by atoms with van der Waals surface area (Å²) in [5.74, 6) is 2.39. The molecule has 0 amide bonds. The molecule has 2 aromatic rings. The van der Waals surface area contributed by atoms with Crippen molar-refractivity contribution in [2.75, 3.05) is 0 Å². The maximum absolute atomic E-state index is 11.2. The average molecular weight is 474 g/mol. The summed E-state index contributed by atoms with van der Waals surface area (Å²) in [5, 5.41) is 19.1. The van der Waals surface area contributed by atoms with Crippen LogP contribution in [0.5, 0.6) is 0 Å². The van der Waals surface area contributed by atoms with Crippen LogP contribution in [0.3, 0.4) is 0 Å². The van der Waals surface area contributed by atoms with Crippen LogP contribution in [0, 0.1) is 29.1 Å². The normalized spacial score (nSPS) is 20.7. The quantitative estimate of drug-likeness (QED) is 0.281. The van der Waals surface area contributed by atoms with Crippen molar-refractivity contribution in [3.63, 3.8) is 0 Å². The SMILES string of the molecule is C=C(CCc1ccc(CC2CCC(CC(C(C)CC)C(O)c3ccccc3)CC2)cc1)C(=N)CC. The minimum Gasteiger partial charge on any atom is -0.388 e. The molecule has 0 aromatic heterocycles. The molecule has 2 aromatic carbocycles. The largest absolute Gasteiger partial charge is 0.388 e. The topological polar surface area (TPSA) is 44.1 Å². The summed E-state index contributed by atoms with van der Waals surface area (Å²) < 4.78 is 0. The molecule has 3 unspecified atom stereocenters. The van der Waals surface area contributed by atoms with Gasteiger partial charge in [0.1, 0.15) is 0 Å². The molecule has 1 fully saturated rings. The van der Waals surface area contributed by atoms with E-state index < -0.39 is 0 Å². The highest BCUT2D eigenvalue weighted by Crippen LogP contribution is 2.40. The summed E-state index contributed by atoms with van der Waals surface area (Å²) in [6.45, 7) is 10.7. The molecule has 2 N–H and O–H groups in total. The van der Waals surface area contributed by atoms with Crippen LogP contribution >= 0.6 is 0 Å². The van der Waals surface area contributed by atoms with Crippen molar-refractivity contribution in [1.29, 1.82) is 5.41 Å². The Morgan fingerprint density at radius 3 is 2.14 bits per heavy atom. The van der Waals surface area contributed by atoms with Gasteiger partial charge in [-0.1, -0.05) is 101 Å². The number of allylic oxidation sites excluding steroid dienone is 1. The summed E-state index contributed by atoms with van der Waals surface area (Å²) in [5.41, 5.74) is 5.52. The van der Waals surface area contributed by atoms with Crippen LogP contribution in [0.4, 0.5) is 0 Å². The maximum Gasteiger partial charge on any atom is 0.0820 e. The van der Waals surface area contributed by atoms with Crippen LogP contribution in [0.25, 0.3) is 0 Å². The van der Waals surface area contributed by atoms with Crippen LogP contribution in [-0.2, 0) is 12.8 Å². The van der Waals surface area contributed by atoms with Crippen LogP contribution in [0.1, 0.15) is 94.9 Å². The lowest BCUT2D eigenvalue weighted by Gasteiger charge is -2.35. The number of rotatable bonds is 13. The van der Waals surface area contributed by atoms with Crippen LogP contribution in [-0.4, -0.2) is 10.8 Å². The minimum atomic E-state index is -0.355. The number of aliphatic hydroxyl groups excluding tert-OH is 1. The monoisotopic (exact) mass is 473 g/mol. The third-order valence-electron chi connectivity index (χ3n) is 8.54. The van der Waals surface area contributed by atoms with Crippen LogP contribution < -0.4 is 0 Å². The van der Waals surface area contributed by atoms with Gasteiger partial charge in [0.05, 0.1) is 6.10 Å². The van der Waals surface area contributed by atoms with Crippen molar-refractivity contribution in [3.05, 3.63) is 83.4 Å². The van der Waals surface area contributed by atoms with E-state index in [0.717, 1.165) is 55.1 Å². The van der Waals surface area contributed by atoms with Gasteiger partial charge < -0.3 is 10.5 Å². The first kappa shape index (κ1) is 27.4. The van der Waals surface area contributed by atoms with Crippen molar-refractivity contribution >= 4 is 5.71 Å². The van der Waals surface area contributed by atoms with E-state index in [-0.39, 0.29) is 6.10 Å². The molecule has 2 nitrogen and oxygen atoms in total. The molecule has 0 bridgehead atoms. The maximum atomic E-state index is 11.2. The molecule has 2 heteroatoms. The molecular formula is C33H47NO. The van der Waals surface area contributed by atoms with Crippen LogP contribution in [0.2, 0.25) is 0 Å². The van der Waals surface area contributed by atoms with Crippen molar-refractivity contribution in [2.24, 2.45) is 23.7 Å². The van der Waals surface area contributed by atoms with Crippen molar-refractivity contribution in [3.8, 4) is 0 Å². The molecule has 0 saturated heterocycles. The predicted molar refractivity (Wildman–Crippen MR) is 150 cm³/mol. The highest BCUT2D eigenvalue weighted by atomic mass is 16.3. The van der Waals surface area contributed by atoms with Gasteiger partial charge in [0, 0.05) is 5.71 Å². The molecule has 1 aliphatic rings. The van der Waals surface area contributed by atoms with Gasteiger partial charge in [0.25, 0.3) is 0 Å². The Morgan fingerprint density at radius 1 is 0.943 bits per heavy atom. The smallest absolute Gasteiger partial charge is 0.0820 e. The molecule has 0 aliphatic heterocycles. The molecule has 0 spiro atoms. The van der Waals surface area contributed by atoms with E-state index >= 15 is 0 Å².